The van der Waals surface area contributed by atoms with Crippen LogP contribution in [0.3, 0.4) is 0 Å². The molecule has 2 aromatic heterocycles. The first kappa shape index (κ1) is 19.5. The van der Waals surface area contributed by atoms with Crippen molar-refractivity contribution in [2.24, 2.45) is 0 Å². The van der Waals surface area contributed by atoms with E-state index in [4.69, 9.17) is 4.42 Å². The number of halogens is 3. The molecular weight excluding hydrogens is 403 g/mol. The molecule has 0 amide bonds. The van der Waals surface area contributed by atoms with Crippen LogP contribution in [0.15, 0.2) is 83.3 Å². The Labute approximate surface area is 176 Å². The van der Waals surface area contributed by atoms with E-state index in [0.717, 1.165) is 39.6 Å². The molecule has 2 heterocycles. The number of rotatable bonds is 4. The van der Waals surface area contributed by atoms with Crippen LogP contribution in [0, 0.1) is 0 Å². The van der Waals surface area contributed by atoms with Crippen LogP contribution in [0.5, 0.6) is 0 Å². The van der Waals surface area contributed by atoms with Crippen LogP contribution in [0.25, 0.3) is 33.2 Å². The van der Waals surface area contributed by atoms with Gasteiger partial charge in [-0.15, -0.1) is 0 Å². The van der Waals surface area contributed by atoms with Gasteiger partial charge in [0.15, 0.2) is 0 Å². The summed E-state index contributed by atoms with van der Waals surface area (Å²) in [4.78, 5) is 0. The number of nitrogens with zero attached hydrogens (tertiary/aromatic N) is 1. The normalized spacial score (nSPS) is 12.1. The lowest BCUT2D eigenvalue weighted by Gasteiger charge is -2.12. The summed E-state index contributed by atoms with van der Waals surface area (Å²) in [5, 5.41) is 12.1. The fraction of sp³-hybridized carbons (Fsp3) is 0.120. The van der Waals surface area contributed by atoms with Gasteiger partial charge < -0.3 is 14.1 Å². The molecule has 156 valence electrons. The first-order valence-electron chi connectivity index (χ1n) is 9.82. The molecule has 0 bridgehead atoms. The Kier molecular flexibility index (Phi) is 4.59. The lowest BCUT2D eigenvalue weighted by molar-refractivity contribution is -0.137. The van der Waals surface area contributed by atoms with Gasteiger partial charge in [-0.05, 0) is 35.9 Å². The molecule has 1 N–H and O–H groups in total. The molecule has 3 aromatic carbocycles. The average Bonchev–Trinajstić information content (AvgIpc) is 3.32. The Bertz CT molecular complexity index is 1360. The summed E-state index contributed by atoms with van der Waals surface area (Å²) in [5.41, 5.74) is 2.71. The fourth-order valence-corrected chi connectivity index (χ4v) is 4.11. The number of fused-ring (bicyclic) bond motifs is 2. The van der Waals surface area contributed by atoms with Crippen molar-refractivity contribution in [3.05, 3.63) is 95.7 Å². The highest BCUT2D eigenvalue weighted by Crippen LogP contribution is 2.38. The van der Waals surface area contributed by atoms with Crippen molar-refractivity contribution in [3.8, 4) is 11.3 Å². The van der Waals surface area contributed by atoms with E-state index in [1.54, 1.807) is 6.07 Å². The summed E-state index contributed by atoms with van der Waals surface area (Å²) >= 11 is 0. The third-order valence-corrected chi connectivity index (χ3v) is 5.50. The Morgan fingerprint density at radius 2 is 1.65 bits per heavy atom. The van der Waals surface area contributed by atoms with Crippen LogP contribution in [-0.4, -0.2) is 9.67 Å². The molecule has 5 aromatic rings. The molecule has 0 unspecified atom stereocenters. The predicted molar refractivity (Wildman–Crippen MR) is 114 cm³/mol. The van der Waals surface area contributed by atoms with E-state index in [2.05, 4.69) is 0 Å². The lowest BCUT2D eigenvalue weighted by atomic mass is 10.1. The molecule has 0 spiro atoms. The first-order valence-corrected chi connectivity index (χ1v) is 9.82. The second-order valence-corrected chi connectivity index (χ2v) is 7.43. The summed E-state index contributed by atoms with van der Waals surface area (Å²) < 4.78 is 47.4. The highest BCUT2D eigenvalue weighted by molar-refractivity contribution is 5.99. The number of aromatic nitrogens is 1. The average molecular weight is 421 g/mol. The van der Waals surface area contributed by atoms with Crippen molar-refractivity contribution in [2.75, 3.05) is 0 Å². The number of para-hydroxylation sites is 2. The van der Waals surface area contributed by atoms with Gasteiger partial charge in [0.2, 0.25) is 0 Å². The molecule has 3 nitrogen and oxygen atoms in total. The summed E-state index contributed by atoms with van der Waals surface area (Å²) in [7, 11) is 0. The number of aliphatic hydroxyl groups is 1. The number of hydrogen-bond donors (Lipinski definition) is 1. The highest BCUT2D eigenvalue weighted by atomic mass is 19.4. The monoisotopic (exact) mass is 421 g/mol. The smallest absolute Gasteiger partial charge is 0.416 e. The molecular formula is C25H18F3NO2. The number of aliphatic hydroxyl groups excluding tert-OH is 1. The summed E-state index contributed by atoms with van der Waals surface area (Å²) in [6.07, 6.45) is -4.41. The summed E-state index contributed by atoms with van der Waals surface area (Å²) in [6.45, 7) is -0.0828. The largest absolute Gasteiger partial charge is 0.456 e. The molecule has 0 saturated heterocycles. The van der Waals surface area contributed by atoms with E-state index in [1.807, 2.05) is 59.2 Å². The van der Waals surface area contributed by atoms with Crippen molar-refractivity contribution in [3.63, 3.8) is 0 Å². The number of furan rings is 1. The van der Waals surface area contributed by atoms with Gasteiger partial charge in [0, 0.05) is 28.4 Å². The zero-order valence-electron chi connectivity index (χ0n) is 16.4. The van der Waals surface area contributed by atoms with Crippen molar-refractivity contribution in [1.82, 2.24) is 4.57 Å². The third kappa shape index (κ3) is 3.39. The molecule has 0 aliphatic heterocycles. The van der Waals surface area contributed by atoms with Crippen LogP contribution in [0.2, 0.25) is 0 Å². The molecule has 0 aliphatic carbocycles. The van der Waals surface area contributed by atoms with Crippen LogP contribution in [0.1, 0.15) is 16.8 Å². The van der Waals surface area contributed by atoms with Crippen LogP contribution in [0.4, 0.5) is 13.2 Å². The first-order chi connectivity index (χ1) is 15.0. The molecule has 5 rings (SSSR count). The van der Waals surface area contributed by atoms with Gasteiger partial charge in [0.05, 0.1) is 17.9 Å². The van der Waals surface area contributed by atoms with Crippen LogP contribution < -0.4 is 0 Å². The number of hydrogen-bond acceptors (Lipinski definition) is 2. The summed E-state index contributed by atoms with van der Waals surface area (Å²) in [5.74, 6) is 0.615. The minimum atomic E-state index is -4.41. The quantitative estimate of drug-likeness (QED) is 0.354. The van der Waals surface area contributed by atoms with E-state index in [1.165, 1.54) is 6.07 Å². The van der Waals surface area contributed by atoms with Gasteiger partial charge in [0.25, 0.3) is 0 Å². The second-order valence-electron chi connectivity index (χ2n) is 7.43. The van der Waals surface area contributed by atoms with Gasteiger partial charge in [-0.3, -0.25) is 0 Å². The molecule has 6 heteroatoms. The van der Waals surface area contributed by atoms with Crippen molar-refractivity contribution >= 4 is 21.9 Å². The Balaban J connectivity index is 1.69. The Hall–Kier alpha value is -3.51. The van der Waals surface area contributed by atoms with Gasteiger partial charge in [0.1, 0.15) is 11.3 Å². The minimum absolute atomic E-state index is 0.195. The zero-order chi connectivity index (χ0) is 21.6. The van der Waals surface area contributed by atoms with Gasteiger partial charge >= 0.3 is 6.18 Å². The molecule has 0 saturated carbocycles. The molecule has 0 fully saturated rings. The molecule has 31 heavy (non-hydrogen) atoms. The van der Waals surface area contributed by atoms with Gasteiger partial charge in [-0.1, -0.05) is 48.5 Å². The third-order valence-electron chi connectivity index (χ3n) is 5.50. The van der Waals surface area contributed by atoms with Crippen molar-refractivity contribution in [2.45, 2.75) is 19.3 Å². The van der Waals surface area contributed by atoms with Gasteiger partial charge in [-0.25, -0.2) is 0 Å². The van der Waals surface area contributed by atoms with E-state index in [9.17, 15) is 18.3 Å². The maximum absolute atomic E-state index is 13.2. The zero-order valence-corrected chi connectivity index (χ0v) is 16.4. The topological polar surface area (TPSA) is 38.3 Å². The van der Waals surface area contributed by atoms with Crippen LogP contribution in [-0.2, 0) is 19.3 Å². The highest BCUT2D eigenvalue weighted by Gasteiger charge is 2.30. The van der Waals surface area contributed by atoms with Crippen molar-refractivity contribution < 1.29 is 22.7 Å². The van der Waals surface area contributed by atoms with E-state index < -0.39 is 11.7 Å². The predicted octanol–water partition coefficient (Wildman–Crippen LogP) is 6.61. The molecule has 0 aliphatic rings. The number of benzene rings is 3. The Morgan fingerprint density at radius 1 is 0.871 bits per heavy atom. The molecule has 0 radical (unpaired) electrons. The fourth-order valence-electron chi connectivity index (χ4n) is 4.11. The maximum atomic E-state index is 13.2. The minimum Gasteiger partial charge on any atom is -0.456 e. The second kappa shape index (κ2) is 7.32. The van der Waals surface area contributed by atoms with E-state index in [-0.39, 0.29) is 13.2 Å². The number of alkyl halides is 3. The lowest BCUT2D eigenvalue weighted by Crippen LogP contribution is -2.08. The maximum Gasteiger partial charge on any atom is 0.416 e. The summed E-state index contributed by atoms with van der Waals surface area (Å²) in [6, 6.07) is 22.4. The Morgan fingerprint density at radius 3 is 2.42 bits per heavy atom. The van der Waals surface area contributed by atoms with E-state index >= 15 is 0 Å². The van der Waals surface area contributed by atoms with Crippen LogP contribution >= 0.6 is 0 Å². The SMILES string of the molecule is OCc1c(-c2cc3ccccc3o2)c2ccccc2n1Cc1cccc(C(F)(F)F)c1. The molecule has 0 atom stereocenters. The van der Waals surface area contributed by atoms with Crippen molar-refractivity contribution in [1.29, 1.82) is 0 Å². The van der Waals surface area contributed by atoms with E-state index in [0.29, 0.717) is 17.0 Å². The van der Waals surface area contributed by atoms with Gasteiger partial charge in [-0.2, -0.15) is 13.2 Å². The standard InChI is InChI=1S/C25H18F3NO2/c26-25(27,28)18-8-5-6-16(12-18)14-29-20-10-3-2-9-19(20)24(21(29)15-30)23-13-17-7-1-4-11-22(17)31-23/h1-13,30H,14-15H2.